The van der Waals surface area contributed by atoms with Crippen LogP contribution in [0.5, 0.6) is 5.75 Å². The smallest absolute Gasteiger partial charge is 0.339 e. The summed E-state index contributed by atoms with van der Waals surface area (Å²) in [6.45, 7) is 3.80. The third-order valence-corrected chi connectivity index (χ3v) is 5.62. The SMILES string of the molecule is COc1ccccc1C=C(C(=O)OCc1cc(=O)oc2c(C)c(C)ccc12)c1ccccc1. The summed E-state index contributed by atoms with van der Waals surface area (Å²) in [5.74, 6) is 0.147. The summed E-state index contributed by atoms with van der Waals surface area (Å²) in [6, 6.07) is 22.0. The molecule has 5 nitrogen and oxygen atoms in total. The molecular formula is C28H24O5. The van der Waals surface area contributed by atoms with Crippen molar-refractivity contribution < 1.29 is 18.7 Å². The van der Waals surface area contributed by atoms with Crippen LogP contribution in [0.1, 0.15) is 27.8 Å². The van der Waals surface area contributed by atoms with Crippen molar-refractivity contribution in [3.8, 4) is 5.75 Å². The normalized spacial score (nSPS) is 11.4. The van der Waals surface area contributed by atoms with Crippen molar-refractivity contribution in [2.75, 3.05) is 7.11 Å². The second kappa shape index (κ2) is 9.57. The quantitative estimate of drug-likeness (QED) is 0.166. The molecule has 1 heterocycles. The van der Waals surface area contributed by atoms with Gasteiger partial charge in [0.2, 0.25) is 0 Å². The van der Waals surface area contributed by atoms with Gasteiger partial charge in [0.1, 0.15) is 17.9 Å². The van der Waals surface area contributed by atoms with Crippen molar-refractivity contribution in [1.29, 1.82) is 0 Å². The van der Waals surface area contributed by atoms with Gasteiger partial charge < -0.3 is 13.9 Å². The molecule has 0 saturated carbocycles. The highest BCUT2D eigenvalue weighted by molar-refractivity contribution is 6.21. The van der Waals surface area contributed by atoms with Gasteiger partial charge in [0.25, 0.3) is 0 Å². The number of rotatable bonds is 6. The van der Waals surface area contributed by atoms with Crippen LogP contribution in [-0.2, 0) is 16.1 Å². The molecule has 3 aromatic carbocycles. The number of carbonyl (C=O) groups excluding carboxylic acids is 1. The lowest BCUT2D eigenvalue weighted by Gasteiger charge is -2.12. The first-order valence-corrected chi connectivity index (χ1v) is 10.6. The lowest BCUT2D eigenvalue weighted by atomic mass is 10.0. The van der Waals surface area contributed by atoms with Gasteiger partial charge in [-0.1, -0.05) is 60.7 Å². The molecule has 0 spiro atoms. The van der Waals surface area contributed by atoms with E-state index in [1.54, 1.807) is 13.2 Å². The highest BCUT2D eigenvalue weighted by Crippen LogP contribution is 2.27. The molecule has 0 N–H and O–H groups in total. The molecule has 0 atom stereocenters. The largest absolute Gasteiger partial charge is 0.496 e. The van der Waals surface area contributed by atoms with Crippen LogP contribution in [0, 0.1) is 13.8 Å². The lowest BCUT2D eigenvalue weighted by Crippen LogP contribution is -2.10. The van der Waals surface area contributed by atoms with Gasteiger partial charge in [-0.15, -0.1) is 0 Å². The molecule has 5 heteroatoms. The van der Waals surface area contributed by atoms with Crippen LogP contribution in [0.15, 0.2) is 82.0 Å². The average molecular weight is 440 g/mol. The Morgan fingerprint density at radius 3 is 2.45 bits per heavy atom. The predicted molar refractivity (Wildman–Crippen MR) is 129 cm³/mol. The van der Waals surface area contributed by atoms with Gasteiger partial charge in [-0.3, -0.25) is 0 Å². The maximum Gasteiger partial charge on any atom is 0.339 e. The van der Waals surface area contributed by atoms with Gasteiger partial charge in [0.15, 0.2) is 0 Å². The fraction of sp³-hybridized carbons (Fsp3) is 0.143. The molecule has 0 aliphatic heterocycles. The van der Waals surface area contributed by atoms with Crippen LogP contribution in [0.25, 0.3) is 22.6 Å². The first-order chi connectivity index (χ1) is 16.0. The van der Waals surface area contributed by atoms with Gasteiger partial charge in [-0.05, 0) is 42.7 Å². The standard InChI is InChI=1S/C28H24O5/c1-18-13-14-23-22(16-26(29)33-27(23)19(18)2)17-32-28(30)24(20-9-5-4-6-10-20)15-21-11-7-8-12-25(21)31-3/h4-16H,17H2,1-3H3. The van der Waals surface area contributed by atoms with E-state index in [4.69, 9.17) is 13.9 Å². The molecule has 0 saturated heterocycles. The van der Waals surface area contributed by atoms with E-state index in [0.29, 0.717) is 22.5 Å². The third-order valence-electron chi connectivity index (χ3n) is 5.62. The number of carbonyl (C=O) groups is 1. The zero-order chi connectivity index (χ0) is 23.4. The molecular weight excluding hydrogens is 416 g/mol. The molecule has 0 aliphatic carbocycles. The molecule has 0 fully saturated rings. The van der Waals surface area contributed by atoms with Crippen LogP contribution in [-0.4, -0.2) is 13.1 Å². The van der Waals surface area contributed by atoms with E-state index in [1.165, 1.54) is 6.07 Å². The number of hydrogen-bond acceptors (Lipinski definition) is 5. The van der Waals surface area contributed by atoms with Crippen molar-refractivity contribution >= 4 is 28.6 Å². The topological polar surface area (TPSA) is 65.7 Å². The summed E-state index contributed by atoms with van der Waals surface area (Å²) in [7, 11) is 1.59. The Kier molecular flexibility index (Phi) is 6.41. The number of methoxy groups -OCH3 is 1. The van der Waals surface area contributed by atoms with Crippen molar-refractivity contribution in [3.05, 3.63) is 111 Å². The molecule has 0 amide bonds. The van der Waals surface area contributed by atoms with Crippen LogP contribution in [0.3, 0.4) is 0 Å². The number of para-hydroxylation sites is 1. The Hall–Kier alpha value is -4.12. The van der Waals surface area contributed by atoms with Gasteiger partial charge in [0.05, 0.1) is 12.7 Å². The number of aryl methyl sites for hydroxylation is 2. The molecule has 166 valence electrons. The van der Waals surface area contributed by atoms with Gasteiger partial charge in [-0.2, -0.15) is 0 Å². The van der Waals surface area contributed by atoms with Crippen LogP contribution < -0.4 is 10.4 Å². The zero-order valence-corrected chi connectivity index (χ0v) is 18.8. The Morgan fingerprint density at radius 2 is 1.70 bits per heavy atom. The molecule has 0 radical (unpaired) electrons. The Bertz CT molecular complexity index is 1400. The van der Waals surface area contributed by atoms with E-state index in [2.05, 4.69) is 0 Å². The number of benzene rings is 3. The minimum atomic E-state index is -0.502. The van der Waals surface area contributed by atoms with Crippen LogP contribution >= 0.6 is 0 Å². The average Bonchev–Trinajstić information content (AvgIpc) is 2.84. The predicted octanol–water partition coefficient (Wildman–Crippen LogP) is 5.70. The highest BCUT2D eigenvalue weighted by atomic mass is 16.5. The second-order valence-corrected chi connectivity index (χ2v) is 7.72. The maximum atomic E-state index is 13.2. The van der Waals surface area contributed by atoms with Gasteiger partial charge in [0, 0.05) is 22.6 Å². The fourth-order valence-electron chi connectivity index (χ4n) is 3.68. The zero-order valence-electron chi connectivity index (χ0n) is 18.8. The van der Waals surface area contributed by atoms with E-state index in [0.717, 1.165) is 27.6 Å². The van der Waals surface area contributed by atoms with E-state index in [9.17, 15) is 9.59 Å². The van der Waals surface area contributed by atoms with Crippen molar-refractivity contribution in [2.45, 2.75) is 20.5 Å². The van der Waals surface area contributed by atoms with Crippen molar-refractivity contribution in [2.24, 2.45) is 0 Å². The molecule has 0 bridgehead atoms. The minimum absolute atomic E-state index is 0.0560. The Balaban J connectivity index is 1.70. The Labute approximate surface area is 191 Å². The number of fused-ring (bicyclic) bond motifs is 1. The first-order valence-electron chi connectivity index (χ1n) is 10.6. The minimum Gasteiger partial charge on any atom is -0.496 e. The summed E-state index contributed by atoms with van der Waals surface area (Å²) in [6.07, 6.45) is 1.75. The number of esters is 1. The Morgan fingerprint density at radius 1 is 0.970 bits per heavy atom. The molecule has 4 rings (SSSR count). The summed E-state index contributed by atoms with van der Waals surface area (Å²) >= 11 is 0. The highest BCUT2D eigenvalue weighted by Gasteiger charge is 2.17. The molecule has 33 heavy (non-hydrogen) atoms. The lowest BCUT2D eigenvalue weighted by molar-refractivity contribution is -0.137. The number of ether oxygens (including phenoxy) is 2. The monoisotopic (exact) mass is 440 g/mol. The fourth-order valence-corrected chi connectivity index (χ4v) is 3.68. The van der Waals surface area contributed by atoms with E-state index < -0.39 is 11.6 Å². The summed E-state index contributed by atoms with van der Waals surface area (Å²) in [5.41, 5.74) is 4.41. The van der Waals surface area contributed by atoms with Crippen LogP contribution in [0.4, 0.5) is 0 Å². The summed E-state index contributed by atoms with van der Waals surface area (Å²) in [4.78, 5) is 25.4. The second-order valence-electron chi connectivity index (χ2n) is 7.72. The number of hydrogen-bond donors (Lipinski definition) is 0. The molecule has 1 aromatic heterocycles. The third kappa shape index (κ3) is 4.72. The van der Waals surface area contributed by atoms with Gasteiger partial charge >= 0.3 is 11.6 Å². The molecule has 0 aliphatic rings. The molecule has 4 aromatic rings. The van der Waals surface area contributed by atoms with E-state index >= 15 is 0 Å². The maximum absolute atomic E-state index is 13.2. The van der Waals surface area contributed by atoms with E-state index in [-0.39, 0.29) is 6.61 Å². The molecule has 0 unspecified atom stereocenters. The summed E-state index contributed by atoms with van der Waals surface area (Å²) < 4.78 is 16.5. The van der Waals surface area contributed by atoms with Crippen LogP contribution in [0.2, 0.25) is 0 Å². The summed E-state index contributed by atoms with van der Waals surface area (Å²) in [5, 5.41) is 0.750. The van der Waals surface area contributed by atoms with Crippen molar-refractivity contribution in [1.82, 2.24) is 0 Å². The van der Waals surface area contributed by atoms with Crippen molar-refractivity contribution in [3.63, 3.8) is 0 Å². The first kappa shape index (κ1) is 22.1. The van der Waals surface area contributed by atoms with E-state index in [1.807, 2.05) is 80.6 Å². The van der Waals surface area contributed by atoms with Gasteiger partial charge in [-0.25, -0.2) is 9.59 Å².